The topological polar surface area (TPSA) is 64.1 Å². The fourth-order valence-corrected chi connectivity index (χ4v) is 0.798. The zero-order valence-corrected chi connectivity index (χ0v) is 5.50. The molecule has 0 aromatic carbocycles. The lowest BCUT2D eigenvalue weighted by atomic mass is 10.4. The summed E-state index contributed by atoms with van der Waals surface area (Å²) >= 11 is 0. The van der Waals surface area contributed by atoms with E-state index >= 15 is 0 Å². The van der Waals surface area contributed by atoms with Crippen molar-refractivity contribution in [1.82, 2.24) is 9.97 Å². The molecule has 55 valence electrons. The van der Waals surface area contributed by atoms with Crippen molar-refractivity contribution < 1.29 is 9.53 Å². The third kappa shape index (κ3) is 1.000. The molecule has 1 aromatic heterocycles. The van der Waals surface area contributed by atoms with E-state index in [0.717, 1.165) is 0 Å². The fraction of sp³-hybridized carbons (Fsp3) is 0.167. The molecular formula is C6H4N3O2. The van der Waals surface area contributed by atoms with Gasteiger partial charge in [0, 0.05) is 0 Å². The summed E-state index contributed by atoms with van der Waals surface area (Å²) < 4.78 is 4.64. The SMILES string of the molecule is O=C1Nc2n[c]cnc2CO1. The number of amides is 1. The third-order valence-corrected chi connectivity index (χ3v) is 1.29. The van der Waals surface area contributed by atoms with Crippen LogP contribution in [0.3, 0.4) is 0 Å². The number of anilines is 1. The van der Waals surface area contributed by atoms with Crippen LogP contribution in [0.15, 0.2) is 6.20 Å². The molecule has 11 heavy (non-hydrogen) atoms. The Morgan fingerprint density at radius 1 is 1.73 bits per heavy atom. The highest BCUT2D eigenvalue weighted by atomic mass is 16.5. The van der Waals surface area contributed by atoms with Gasteiger partial charge in [-0.3, -0.25) is 10.3 Å². The number of hydrogen-bond donors (Lipinski definition) is 1. The van der Waals surface area contributed by atoms with E-state index in [1.54, 1.807) is 0 Å². The molecule has 0 unspecified atom stereocenters. The van der Waals surface area contributed by atoms with Crippen molar-refractivity contribution in [3.8, 4) is 0 Å². The minimum atomic E-state index is -0.494. The highest BCUT2D eigenvalue weighted by Gasteiger charge is 2.16. The number of rotatable bonds is 0. The van der Waals surface area contributed by atoms with Gasteiger partial charge in [-0.25, -0.2) is 9.78 Å². The monoisotopic (exact) mass is 150 g/mol. The molecule has 2 rings (SSSR count). The molecule has 0 spiro atoms. The lowest BCUT2D eigenvalue weighted by Gasteiger charge is -2.13. The predicted molar refractivity (Wildman–Crippen MR) is 34.7 cm³/mol. The fourth-order valence-electron chi connectivity index (χ4n) is 0.798. The maximum atomic E-state index is 10.6. The number of nitrogens with zero attached hydrogens (tertiary/aromatic N) is 2. The highest BCUT2D eigenvalue weighted by Crippen LogP contribution is 2.14. The molecule has 0 fully saturated rings. The van der Waals surface area contributed by atoms with Crippen LogP contribution in [0.25, 0.3) is 0 Å². The van der Waals surface area contributed by atoms with Crippen molar-refractivity contribution in [2.45, 2.75) is 6.61 Å². The second-order valence-electron chi connectivity index (χ2n) is 2.00. The second kappa shape index (κ2) is 2.19. The largest absolute Gasteiger partial charge is 0.443 e. The van der Waals surface area contributed by atoms with E-state index in [9.17, 15) is 4.79 Å². The molecule has 1 aliphatic rings. The van der Waals surface area contributed by atoms with Crippen molar-refractivity contribution in [2.24, 2.45) is 0 Å². The highest BCUT2D eigenvalue weighted by molar-refractivity contribution is 5.85. The van der Waals surface area contributed by atoms with Gasteiger partial charge in [-0.2, -0.15) is 0 Å². The zero-order chi connectivity index (χ0) is 7.68. The molecule has 5 nitrogen and oxygen atoms in total. The van der Waals surface area contributed by atoms with Gasteiger partial charge < -0.3 is 4.74 Å². The number of nitrogens with one attached hydrogen (secondary N) is 1. The first-order chi connectivity index (χ1) is 5.36. The first kappa shape index (κ1) is 6.09. The predicted octanol–water partition coefficient (Wildman–Crippen LogP) is 0.339. The molecule has 0 saturated heterocycles. The van der Waals surface area contributed by atoms with Crippen LogP contribution in [-0.4, -0.2) is 16.1 Å². The molecule has 5 heteroatoms. The summed E-state index contributed by atoms with van der Waals surface area (Å²) in [4.78, 5) is 18.3. The van der Waals surface area contributed by atoms with E-state index in [4.69, 9.17) is 0 Å². The number of aromatic nitrogens is 2. The number of fused-ring (bicyclic) bond motifs is 1. The lowest BCUT2D eigenvalue weighted by Crippen LogP contribution is -2.22. The number of ether oxygens (including phenoxy) is 1. The number of cyclic esters (lactones) is 1. The van der Waals surface area contributed by atoms with Crippen molar-refractivity contribution in [2.75, 3.05) is 5.32 Å². The van der Waals surface area contributed by atoms with Gasteiger partial charge in [-0.05, 0) is 0 Å². The average molecular weight is 150 g/mol. The Morgan fingerprint density at radius 2 is 2.64 bits per heavy atom. The van der Waals surface area contributed by atoms with Gasteiger partial charge in [0.25, 0.3) is 0 Å². The molecule has 1 N–H and O–H groups in total. The molecule has 0 atom stereocenters. The maximum absolute atomic E-state index is 10.6. The Labute approximate surface area is 62.4 Å². The molecule has 2 heterocycles. The third-order valence-electron chi connectivity index (χ3n) is 1.29. The summed E-state index contributed by atoms with van der Waals surface area (Å²) in [5, 5.41) is 2.39. The Morgan fingerprint density at radius 3 is 3.55 bits per heavy atom. The van der Waals surface area contributed by atoms with Gasteiger partial charge in [-0.1, -0.05) is 0 Å². The number of hydrogen-bond acceptors (Lipinski definition) is 4. The van der Waals surface area contributed by atoms with E-state index in [-0.39, 0.29) is 6.61 Å². The Kier molecular flexibility index (Phi) is 1.21. The molecule has 0 aliphatic carbocycles. The quantitative estimate of drug-likeness (QED) is 0.579. The summed E-state index contributed by atoms with van der Waals surface area (Å²) in [5.41, 5.74) is 0.628. The van der Waals surface area contributed by atoms with Crippen molar-refractivity contribution >= 4 is 11.9 Å². The first-order valence-electron chi connectivity index (χ1n) is 3.02. The normalized spacial score (nSPS) is 14.7. The van der Waals surface area contributed by atoms with Crippen LogP contribution < -0.4 is 5.32 Å². The van der Waals surface area contributed by atoms with Crippen LogP contribution in [0, 0.1) is 6.20 Å². The molecule has 1 amide bonds. The van der Waals surface area contributed by atoms with Crippen LogP contribution in [0.1, 0.15) is 5.69 Å². The Bertz CT molecular complexity index is 300. The van der Waals surface area contributed by atoms with Gasteiger partial charge in [0.05, 0.1) is 6.20 Å². The van der Waals surface area contributed by atoms with E-state index in [2.05, 4.69) is 26.2 Å². The summed E-state index contributed by atoms with van der Waals surface area (Å²) in [6, 6.07) is 0. The molecule has 1 radical (unpaired) electrons. The maximum Gasteiger partial charge on any atom is 0.413 e. The minimum absolute atomic E-state index is 0.183. The van der Waals surface area contributed by atoms with Gasteiger partial charge in [0.15, 0.2) is 5.82 Å². The molecule has 0 bridgehead atoms. The van der Waals surface area contributed by atoms with Gasteiger partial charge in [0.2, 0.25) is 0 Å². The van der Waals surface area contributed by atoms with Gasteiger partial charge in [0.1, 0.15) is 18.5 Å². The van der Waals surface area contributed by atoms with Crippen molar-refractivity contribution in [3.63, 3.8) is 0 Å². The first-order valence-corrected chi connectivity index (χ1v) is 3.02. The Hall–Kier alpha value is -1.65. The molecule has 0 saturated carbocycles. The van der Waals surface area contributed by atoms with Crippen molar-refractivity contribution in [3.05, 3.63) is 18.1 Å². The summed E-state index contributed by atoms with van der Waals surface area (Å²) in [6.45, 7) is 0.183. The standard InChI is InChI=1S/C6H4N3O2/c10-6-9-5-4(3-11-6)7-1-2-8-5/h1H,3H2,(H,8,9,10). The van der Waals surface area contributed by atoms with Crippen LogP contribution in [0.5, 0.6) is 0 Å². The van der Waals surface area contributed by atoms with Crippen LogP contribution in [0.2, 0.25) is 0 Å². The van der Waals surface area contributed by atoms with Gasteiger partial charge in [-0.15, -0.1) is 0 Å². The molecule has 1 aliphatic heterocycles. The van der Waals surface area contributed by atoms with E-state index < -0.39 is 6.09 Å². The number of carbonyl (C=O) groups is 1. The molecule has 1 aromatic rings. The molecular weight excluding hydrogens is 146 g/mol. The minimum Gasteiger partial charge on any atom is -0.443 e. The second-order valence-corrected chi connectivity index (χ2v) is 2.00. The number of carbonyl (C=O) groups excluding carboxylic acids is 1. The van der Waals surface area contributed by atoms with Gasteiger partial charge >= 0.3 is 6.09 Å². The van der Waals surface area contributed by atoms with E-state index in [0.29, 0.717) is 11.5 Å². The van der Waals surface area contributed by atoms with Crippen LogP contribution >= 0.6 is 0 Å². The summed E-state index contributed by atoms with van der Waals surface area (Å²) in [5.74, 6) is 0.434. The van der Waals surface area contributed by atoms with E-state index in [1.807, 2.05) is 0 Å². The smallest absolute Gasteiger partial charge is 0.413 e. The zero-order valence-electron chi connectivity index (χ0n) is 5.50. The van der Waals surface area contributed by atoms with Crippen LogP contribution in [-0.2, 0) is 11.3 Å². The summed E-state index contributed by atoms with van der Waals surface area (Å²) in [6.07, 6.45) is 3.45. The van der Waals surface area contributed by atoms with Crippen molar-refractivity contribution in [1.29, 1.82) is 0 Å². The van der Waals surface area contributed by atoms with Crippen LogP contribution in [0.4, 0.5) is 10.6 Å². The average Bonchev–Trinajstić information content (AvgIpc) is 2.04. The lowest BCUT2D eigenvalue weighted by molar-refractivity contribution is 0.149. The van der Waals surface area contributed by atoms with E-state index in [1.165, 1.54) is 6.20 Å². The Balaban J connectivity index is 2.41. The summed E-state index contributed by atoms with van der Waals surface area (Å²) in [7, 11) is 0.